The zero-order valence-corrected chi connectivity index (χ0v) is 9.33. The Morgan fingerprint density at radius 3 is 2.33 bits per heavy atom. The summed E-state index contributed by atoms with van der Waals surface area (Å²) in [6.07, 6.45) is 6.98. The van der Waals surface area contributed by atoms with Crippen LogP contribution in [-0.2, 0) is 4.79 Å². The lowest BCUT2D eigenvalue weighted by atomic mass is 9.53. The minimum absolute atomic E-state index is 0.00463. The first-order chi connectivity index (χ1) is 7.05. The van der Waals surface area contributed by atoms with Crippen LogP contribution >= 0.6 is 0 Å². The lowest BCUT2D eigenvalue weighted by Crippen LogP contribution is -2.57. The highest BCUT2D eigenvalue weighted by Gasteiger charge is 2.59. The van der Waals surface area contributed by atoms with Gasteiger partial charge in [0.1, 0.15) is 0 Å². The first-order valence-corrected chi connectivity index (χ1v) is 6.01. The van der Waals surface area contributed by atoms with E-state index in [4.69, 9.17) is 5.11 Å². The lowest BCUT2D eigenvalue weighted by Gasteiger charge is -2.53. The van der Waals surface area contributed by atoms with Crippen molar-refractivity contribution in [2.24, 2.45) is 11.3 Å². The molecule has 15 heavy (non-hydrogen) atoms. The zero-order valence-electron chi connectivity index (χ0n) is 9.33. The van der Waals surface area contributed by atoms with Gasteiger partial charge >= 0.3 is 5.97 Å². The van der Waals surface area contributed by atoms with Crippen molar-refractivity contribution in [3.8, 4) is 0 Å². The smallest absolute Gasteiger partial charge is 0.335 e. The van der Waals surface area contributed by atoms with Crippen LogP contribution in [0.25, 0.3) is 0 Å². The average molecular weight is 212 g/mol. The average Bonchev–Trinajstić information content (AvgIpc) is 2.66. The Labute approximate surface area is 90.5 Å². The molecule has 2 unspecified atom stereocenters. The Kier molecular flexibility index (Phi) is 2.53. The molecule has 2 N–H and O–H groups in total. The molecule has 2 aliphatic carbocycles. The van der Waals surface area contributed by atoms with E-state index in [-0.39, 0.29) is 11.3 Å². The van der Waals surface area contributed by atoms with Crippen LogP contribution in [0.3, 0.4) is 0 Å². The number of hydrogen-bond donors (Lipinski definition) is 2. The Hall–Kier alpha value is -0.570. The third kappa shape index (κ3) is 1.40. The molecule has 2 fully saturated rings. The highest BCUT2D eigenvalue weighted by Crippen LogP contribution is 2.61. The van der Waals surface area contributed by atoms with Gasteiger partial charge in [0.05, 0.1) is 0 Å². The van der Waals surface area contributed by atoms with Gasteiger partial charge in [0.15, 0.2) is 5.60 Å². The van der Waals surface area contributed by atoms with E-state index in [1.54, 1.807) is 6.92 Å². The second kappa shape index (κ2) is 3.48. The molecule has 0 heterocycles. The summed E-state index contributed by atoms with van der Waals surface area (Å²) in [6.45, 7) is 1.77. The summed E-state index contributed by atoms with van der Waals surface area (Å²) in [4.78, 5) is 11.2. The van der Waals surface area contributed by atoms with Crippen molar-refractivity contribution in [3.63, 3.8) is 0 Å². The van der Waals surface area contributed by atoms with Crippen molar-refractivity contribution in [2.75, 3.05) is 0 Å². The summed E-state index contributed by atoms with van der Waals surface area (Å²) in [5.41, 5.74) is -1.30. The van der Waals surface area contributed by atoms with Crippen molar-refractivity contribution in [3.05, 3.63) is 0 Å². The standard InChI is InChI=1S/C12H20O3/c1-2-12(15,10(13)14)9-5-8-11(9)6-3-4-7-11/h9,15H,2-8H2,1H3,(H,13,14). The highest BCUT2D eigenvalue weighted by atomic mass is 16.4. The van der Waals surface area contributed by atoms with Gasteiger partial charge in [-0.2, -0.15) is 0 Å². The molecule has 0 saturated heterocycles. The summed E-state index contributed by atoms with van der Waals surface area (Å²) in [5.74, 6) is -1.03. The van der Waals surface area contributed by atoms with Crippen molar-refractivity contribution >= 4 is 5.97 Å². The van der Waals surface area contributed by atoms with Crippen molar-refractivity contribution in [1.82, 2.24) is 0 Å². The molecule has 2 rings (SSSR count). The predicted octanol–water partition coefficient (Wildman–Crippen LogP) is 2.18. The van der Waals surface area contributed by atoms with Gasteiger partial charge < -0.3 is 10.2 Å². The van der Waals surface area contributed by atoms with Crippen LogP contribution in [0.5, 0.6) is 0 Å². The van der Waals surface area contributed by atoms with E-state index in [0.717, 1.165) is 25.7 Å². The molecule has 0 aliphatic heterocycles. The van der Waals surface area contributed by atoms with Crippen LogP contribution < -0.4 is 0 Å². The molecule has 0 bridgehead atoms. The molecule has 0 aromatic heterocycles. The maximum absolute atomic E-state index is 11.2. The van der Waals surface area contributed by atoms with Gasteiger partial charge in [-0.3, -0.25) is 0 Å². The van der Waals surface area contributed by atoms with Crippen LogP contribution in [0.15, 0.2) is 0 Å². The van der Waals surface area contributed by atoms with Crippen molar-refractivity contribution < 1.29 is 15.0 Å². The molecule has 0 aromatic carbocycles. The molecule has 0 radical (unpaired) electrons. The van der Waals surface area contributed by atoms with E-state index in [2.05, 4.69) is 0 Å². The van der Waals surface area contributed by atoms with Crippen LogP contribution in [0.2, 0.25) is 0 Å². The third-order valence-corrected chi connectivity index (χ3v) is 4.76. The van der Waals surface area contributed by atoms with E-state index >= 15 is 0 Å². The molecule has 0 aromatic rings. The van der Waals surface area contributed by atoms with E-state index in [1.165, 1.54) is 12.8 Å². The molecule has 0 amide bonds. The molecule has 1 spiro atoms. The lowest BCUT2D eigenvalue weighted by molar-refractivity contribution is -0.186. The van der Waals surface area contributed by atoms with Gasteiger partial charge in [0, 0.05) is 5.92 Å². The summed E-state index contributed by atoms with van der Waals surface area (Å²) >= 11 is 0. The number of carboxylic acids is 1. The maximum Gasteiger partial charge on any atom is 0.335 e. The van der Waals surface area contributed by atoms with E-state index in [1.807, 2.05) is 0 Å². The Bertz CT molecular complexity index is 268. The van der Waals surface area contributed by atoms with Crippen molar-refractivity contribution in [1.29, 1.82) is 0 Å². The first kappa shape index (κ1) is 10.9. The second-order valence-corrected chi connectivity index (χ2v) is 5.24. The maximum atomic E-state index is 11.2. The number of carboxylic acid groups (broad SMARTS) is 1. The van der Waals surface area contributed by atoms with Gasteiger partial charge in [-0.05, 0) is 37.5 Å². The van der Waals surface area contributed by atoms with Crippen molar-refractivity contribution in [2.45, 2.75) is 57.5 Å². The van der Waals surface area contributed by atoms with Crippen LogP contribution in [0.4, 0.5) is 0 Å². The summed E-state index contributed by atoms with van der Waals surface area (Å²) in [5, 5.41) is 19.4. The molecule has 3 nitrogen and oxygen atoms in total. The van der Waals surface area contributed by atoms with Gasteiger partial charge in [0.2, 0.25) is 0 Å². The predicted molar refractivity (Wildman–Crippen MR) is 56.5 cm³/mol. The summed E-state index contributed by atoms with van der Waals surface area (Å²) in [7, 11) is 0. The van der Waals surface area contributed by atoms with Gasteiger partial charge in [-0.1, -0.05) is 19.8 Å². The number of hydrogen-bond acceptors (Lipinski definition) is 2. The Morgan fingerprint density at radius 1 is 1.40 bits per heavy atom. The molecule has 2 aliphatic rings. The fourth-order valence-corrected chi connectivity index (χ4v) is 3.67. The Morgan fingerprint density at radius 2 is 2.00 bits per heavy atom. The normalized spacial score (nSPS) is 32.3. The molecular weight excluding hydrogens is 192 g/mol. The Balaban J connectivity index is 2.19. The SMILES string of the molecule is CCC(O)(C(=O)O)C1CCC12CCCC2. The summed E-state index contributed by atoms with van der Waals surface area (Å²) in [6, 6.07) is 0. The molecule has 2 atom stereocenters. The van der Waals surface area contributed by atoms with Crippen LogP contribution in [-0.4, -0.2) is 21.8 Å². The molecule has 86 valence electrons. The quantitative estimate of drug-likeness (QED) is 0.754. The van der Waals surface area contributed by atoms with E-state index in [0.29, 0.717) is 6.42 Å². The molecular formula is C12H20O3. The minimum Gasteiger partial charge on any atom is -0.479 e. The first-order valence-electron chi connectivity index (χ1n) is 6.01. The van der Waals surface area contributed by atoms with E-state index < -0.39 is 11.6 Å². The number of aliphatic hydroxyl groups is 1. The number of rotatable bonds is 3. The fourth-order valence-electron chi connectivity index (χ4n) is 3.67. The summed E-state index contributed by atoms with van der Waals surface area (Å²) < 4.78 is 0. The van der Waals surface area contributed by atoms with E-state index in [9.17, 15) is 9.90 Å². The van der Waals surface area contributed by atoms with Crippen LogP contribution in [0, 0.1) is 11.3 Å². The largest absolute Gasteiger partial charge is 0.479 e. The monoisotopic (exact) mass is 212 g/mol. The topological polar surface area (TPSA) is 57.5 Å². The number of aliphatic carboxylic acids is 1. The number of carbonyl (C=O) groups is 1. The second-order valence-electron chi connectivity index (χ2n) is 5.24. The third-order valence-electron chi connectivity index (χ3n) is 4.76. The highest BCUT2D eigenvalue weighted by molar-refractivity contribution is 5.77. The molecule has 2 saturated carbocycles. The zero-order chi connectivity index (χ0) is 11.1. The fraction of sp³-hybridized carbons (Fsp3) is 0.917. The van der Waals surface area contributed by atoms with Gasteiger partial charge in [-0.15, -0.1) is 0 Å². The van der Waals surface area contributed by atoms with Gasteiger partial charge in [-0.25, -0.2) is 4.79 Å². The van der Waals surface area contributed by atoms with Crippen LogP contribution in [0.1, 0.15) is 51.9 Å². The molecule has 3 heteroatoms. The van der Waals surface area contributed by atoms with Gasteiger partial charge in [0.25, 0.3) is 0 Å². The minimum atomic E-state index is -1.47.